The van der Waals surface area contributed by atoms with Gasteiger partial charge in [0.1, 0.15) is 17.2 Å². The van der Waals surface area contributed by atoms with E-state index in [4.69, 9.17) is 9.84 Å². The number of rotatable bonds is 4. The fourth-order valence-corrected chi connectivity index (χ4v) is 2.28. The summed E-state index contributed by atoms with van der Waals surface area (Å²) in [7, 11) is 1.56. The molecule has 6 heteroatoms. The van der Waals surface area contributed by atoms with Crippen LogP contribution < -0.4 is 4.74 Å². The summed E-state index contributed by atoms with van der Waals surface area (Å²) in [5, 5.41) is 28.8. The lowest BCUT2D eigenvalue weighted by Gasteiger charge is -2.06. The number of aromatic carboxylic acids is 1. The summed E-state index contributed by atoms with van der Waals surface area (Å²) in [5.74, 6) is -0.352. The molecule has 0 unspecified atom stereocenters. The Labute approximate surface area is 137 Å². The number of methoxy groups -OCH3 is 1. The van der Waals surface area contributed by atoms with E-state index in [0.29, 0.717) is 22.5 Å². The number of fused-ring (bicyclic) bond motifs is 1. The summed E-state index contributed by atoms with van der Waals surface area (Å²) in [6, 6.07) is 14.8. The van der Waals surface area contributed by atoms with Gasteiger partial charge < -0.3 is 14.9 Å². The average Bonchev–Trinajstić information content (AvgIpc) is 2.60. The molecule has 24 heavy (non-hydrogen) atoms. The van der Waals surface area contributed by atoms with Crippen LogP contribution in [0.3, 0.4) is 0 Å². The van der Waals surface area contributed by atoms with Crippen LogP contribution in [0.5, 0.6) is 11.5 Å². The number of aromatic hydroxyl groups is 1. The van der Waals surface area contributed by atoms with Gasteiger partial charge in [0.25, 0.3) is 0 Å². The fraction of sp³-hybridized carbons (Fsp3) is 0.0556. The molecular weight excluding hydrogens is 308 g/mol. The fourth-order valence-electron chi connectivity index (χ4n) is 2.28. The Morgan fingerprint density at radius 2 is 1.71 bits per heavy atom. The van der Waals surface area contributed by atoms with Gasteiger partial charge in [-0.3, -0.25) is 0 Å². The van der Waals surface area contributed by atoms with E-state index in [0.717, 1.165) is 5.39 Å². The van der Waals surface area contributed by atoms with Crippen molar-refractivity contribution in [3.8, 4) is 11.5 Å². The maximum atomic E-state index is 10.8. The number of nitrogens with zero attached hydrogens (tertiary/aromatic N) is 2. The molecule has 0 spiro atoms. The SMILES string of the molecule is COc1ccc2ccc(O)c(N=Nc3ccc(C(=O)O)cc3)c2c1. The third-order valence-electron chi connectivity index (χ3n) is 3.56. The van der Waals surface area contributed by atoms with E-state index in [1.165, 1.54) is 12.1 Å². The average molecular weight is 322 g/mol. The van der Waals surface area contributed by atoms with Crippen LogP contribution >= 0.6 is 0 Å². The number of phenolic OH excluding ortho intramolecular Hbond substituents is 1. The first kappa shape index (κ1) is 15.5. The molecule has 3 aromatic rings. The van der Waals surface area contributed by atoms with Crippen molar-refractivity contribution >= 4 is 28.1 Å². The Morgan fingerprint density at radius 3 is 2.38 bits per heavy atom. The Hall–Kier alpha value is -3.41. The van der Waals surface area contributed by atoms with Crippen LogP contribution in [-0.2, 0) is 0 Å². The second-order valence-corrected chi connectivity index (χ2v) is 5.07. The summed E-state index contributed by atoms with van der Waals surface area (Å²) in [5.41, 5.74) is 0.986. The zero-order valence-electron chi connectivity index (χ0n) is 12.8. The van der Waals surface area contributed by atoms with E-state index in [2.05, 4.69) is 10.2 Å². The van der Waals surface area contributed by atoms with E-state index >= 15 is 0 Å². The van der Waals surface area contributed by atoms with Gasteiger partial charge >= 0.3 is 5.97 Å². The lowest BCUT2D eigenvalue weighted by Crippen LogP contribution is -1.93. The molecule has 120 valence electrons. The monoisotopic (exact) mass is 322 g/mol. The van der Waals surface area contributed by atoms with E-state index < -0.39 is 5.97 Å². The van der Waals surface area contributed by atoms with E-state index in [-0.39, 0.29) is 11.3 Å². The van der Waals surface area contributed by atoms with Crippen LogP contribution in [0.25, 0.3) is 10.8 Å². The number of carboxylic acid groups (broad SMARTS) is 1. The van der Waals surface area contributed by atoms with Gasteiger partial charge in [-0.05, 0) is 47.9 Å². The number of carbonyl (C=O) groups is 1. The smallest absolute Gasteiger partial charge is 0.335 e. The lowest BCUT2D eigenvalue weighted by molar-refractivity contribution is 0.0697. The molecule has 2 N–H and O–H groups in total. The molecule has 0 atom stereocenters. The van der Waals surface area contributed by atoms with Gasteiger partial charge in [0.2, 0.25) is 0 Å². The third kappa shape index (κ3) is 3.03. The van der Waals surface area contributed by atoms with Crippen molar-refractivity contribution in [2.24, 2.45) is 10.2 Å². The molecule has 0 radical (unpaired) electrons. The number of phenols is 1. The Kier molecular flexibility index (Phi) is 4.11. The second kappa shape index (κ2) is 6.37. The molecule has 3 rings (SSSR count). The highest BCUT2D eigenvalue weighted by atomic mass is 16.5. The van der Waals surface area contributed by atoms with Gasteiger partial charge in [-0.25, -0.2) is 4.79 Å². The minimum Gasteiger partial charge on any atom is -0.506 e. The van der Waals surface area contributed by atoms with E-state index in [9.17, 15) is 9.90 Å². The molecule has 0 heterocycles. The highest BCUT2D eigenvalue weighted by Gasteiger charge is 2.08. The summed E-state index contributed by atoms with van der Waals surface area (Å²) >= 11 is 0. The maximum Gasteiger partial charge on any atom is 0.335 e. The summed E-state index contributed by atoms with van der Waals surface area (Å²) < 4.78 is 5.21. The van der Waals surface area contributed by atoms with E-state index in [1.54, 1.807) is 37.4 Å². The van der Waals surface area contributed by atoms with Gasteiger partial charge in [0.05, 0.1) is 18.4 Å². The quantitative estimate of drug-likeness (QED) is 0.683. The molecule has 0 amide bonds. The lowest BCUT2D eigenvalue weighted by atomic mass is 10.1. The zero-order valence-corrected chi connectivity index (χ0v) is 12.8. The van der Waals surface area contributed by atoms with Gasteiger partial charge in [0.15, 0.2) is 0 Å². The highest BCUT2D eigenvalue weighted by molar-refractivity contribution is 5.96. The number of carboxylic acids is 1. The molecular formula is C18H14N2O4. The minimum absolute atomic E-state index is 0.00154. The van der Waals surface area contributed by atoms with Crippen molar-refractivity contribution < 1.29 is 19.7 Å². The van der Waals surface area contributed by atoms with Crippen LogP contribution in [0.2, 0.25) is 0 Å². The van der Waals surface area contributed by atoms with Gasteiger partial charge in [-0.2, -0.15) is 5.11 Å². The van der Waals surface area contributed by atoms with Crippen molar-refractivity contribution in [2.45, 2.75) is 0 Å². The summed E-state index contributed by atoms with van der Waals surface area (Å²) in [4.78, 5) is 10.8. The standard InChI is InChI=1S/C18H14N2O4/c1-24-14-8-4-11-5-9-16(21)17(15(11)10-14)20-19-13-6-2-12(3-7-13)18(22)23/h2-10,21H,1H3,(H,22,23). The summed E-state index contributed by atoms with van der Waals surface area (Å²) in [6.07, 6.45) is 0. The predicted molar refractivity (Wildman–Crippen MR) is 89.7 cm³/mol. The van der Waals surface area contributed by atoms with Crippen molar-refractivity contribution in [3.05, 3.63) is 60.2 Å². The normalized spacial score (nSPS) is 11.0. The molecule has 3 aromatic carbocycles. The topological polar surface area (TPSA) is 91.5 Å². The van der Waals surface area contributed by atoms with E-state index in [1.807, 2.05) is 12.1 Å². The molecule has 0 fully saturated rings. The third-order valence-corrected chi connectivity index (χ3v) is 3.56. The zero-order chi connectivity index (χ0) is 17.1. The Morgan fingerprint density at radius 1 is 1.00 bits per heavy atom. The number of hydrogen-bond acceptors (Lipinski definition) is 5. The van der Waals surface area contributed by atoms with Crippen molar-refractivity contribution in [2.75, 3.05) is 7.11 Å². The number of ether oxygens (including phenoxy) is 1. The number of hydrogen-bond donors (Lipinski definition) is 2. The number of benzene rings is 3. The maximum absolute atomic E-state index is 10.8. The number of azo groups is 1. The van der Waals surface area contributed by atoms with Crippen molar-refractivity contribution in [1.82, 2.24) is 0 Å². The first-order valence-corrected chi connectivity index (χ1v) is 7.13. The van der Waals surface area contributed by atoms with Gasteiger partial charge in [-0.15, -0.1) is 5.11 Å². The molecule has 0 saturated carbocycles. The minimum atomic E-state index is -1.00. The summed E-state index contributed by atoms with van der Waals surface area (Å²) in [6.45, 7) is 0. The first-order valence-electron chi connectivity index (χ1n) is 7.13. The first-order chi connectivity index (χ1) is 11.6. The second-order valence-electron chi connectivity index (χ2n) is 5.07. The molecule has 0 saturated heterocycles. The Balaban J connectivity index is 2.02. The van der Waals surface area contributed by atoms with Gasteiger partial charge in [0, 0.05) is 5.39 Å². The molecule has 0 bridgehead atoms. The predicted octanol–water partition coefficient (Wildman–Crippen LogP) is 4.67. The van der Waals surface area contributed by atoms with Crippen molar-refractivity contribution in [1.29, 1.82) is 0 Å². The van der Waals surface area contributed by atoms with Crippen LogP contribution in [0.1, 0.15) is 10.4 Å². The molecule has 6 nitrogen and oxygen atoms in total. The van der Waals surface area contributed by atoms with Crippen LogP contribution in [-0.4, -0.2) is 23.3 Å². The van der Waals surface area contributed by atoms with Crippen LogP contribution in [0, 0.1) is 0 Å². The molecule has 0 aromatic heterocycles. The van der Waals surface area contributed by atoms with Gasteiger partial charge in [-0.1, -0.05) is 12.1 Å². The van der Waals surface area contributed by atoms with Crippen molar-refractivity contribution in [3.63, 3.8) is 0 Å². The largest absolute Gasteiger partial charge is 0.506 e. The highest BCUT2D eigenvalue weighted by Crippen LogP contribution is 2.37. The van der Waals surface area contributed by atoms with Crippen LogP contribution in [0.4, 0.5) is 11.4 Å². The van der Waals surface area contributed by atoms with Crippen LogP contribution in [0.15, 0.2) is 64.8 Å². The molecule has 0 aliphatic carbocycles. The Bertz CT molecular complexity index is 934. The molecule has 0 aliphatic rings. The molecule has 0 aliphatic heterocycles.